The number of anilines is 1. The van der Waals surface area contributed by atoms with Gasteiger partial charge >= 0.3 is 5.69 Å². The second-order valence-electron chi connectivity index (χ2n) is 8.33. The van der Waals surface area contributed by atoms with Crippen molar-refractivity contribution < 1.29 is 13.2 Å². The van der Waals surface area contributed by atoms with Gasteiger partial charge in [-0.15, -0.1) is 0 Å². The zero-order valence-electron chi connectivity index (χ0n) is 18.5. The van der Waals surface area contributed by atoms with E-state index in [-0.39, 0.29) is 22.5 Å². The molecule has 9 nitrogen and oxygen atoms in total. The summed E-state index contributed by atoms with van der Waals surface area (Å²) >= 11 is 0. The molecule has 10 heteroatoms. The Morgan fingerprint density at radius 3 is 2.55 bits per heavy atom. The summed E-state index contributed by atoms with van der Waals surface area (Å²) in [5.41, 5.74) is 0.0156. The first-order valence-corrected chi connectivity index (χ1v) is 12.3. The van der Waals surface area contributed by atoms with Gasteiger partial charge in [0.2, 0.25) is 10.0 Å². The monoisotopic (exact) mass is 470 g/mol. The molecule has 174 valence electrons. The molecule has 1 aliphatic rings. The average Bonchev–Trinajstić information content (AvgIpc) is 2.79. The van der Waals surface area contributed by atoms with Gasteiger partial charge in [-0.2, -0.15) is 4.31 Å². The fourth-order valence-corrected chi connectivity index (χ4v) is 5.71. The molecule has 0 saturated carbocycles. The molecule has 1 fully saturated rings. The van der Waals surface area contributed by atoms with E-state index in [0.29, 0.717) is 30.1 Å². The van der Waals surface area contributed by atoms with E-state index in [1.54, 1.807) is 19.1 Å². The number of amides is 1. The van der Waals surface area contributed by atoms with E-state index in [1.165, 1.54) is 34.6 Å². The van der Waals surface area contributed by atoms with Gasteiger partial charge in [-0.05, 0) is 68.1 Å². The largest absolute Gasteiger partial charge is 0.328 e. The van der Waals surface area contributed by atoms with Gasteiger partial charge in [0.25, 0.3) is 11.5 Å². The van der Waals surface area contributed by atoms with Crippen LogP contribution in [0.1, 0.15) is 37.0 Å². The highest BCUT2D eigenvalue weighted by Gasteiger charge is 2.28. The molecule has 1 aromatic heterocycles. The molecule has 1 atom stereocenters. The third-order valence-electron chi connectivity index (χ3n) is 5.93. The number of carbonyl (C=O) groups excluding carboxylic acids is 1. The predicted molar refractivity (Wildman–Crippen MR) is 126 cm³/mol. The van der Waals surface area contributed by atoms with Gasteiger partial charge < -0.3 is 10.3 Å². The summed E-state index contributed by atoms with van der Waals surface area (Å²) in [7, 11) is -3.58. The maximum absolute atomic E-state index is 12.9. The number of H-pyrrole nitrogens is 1. The Morgan fingerprint density at radius 1 is 1.15 bits per heavy atom. The number of nitrogens with one attached hydrogen (secondary N) is 2. The number of benzene rings is 2. The number of sulfonamides is 1. The highest BCUT2D eigenvalue weighted by Crippen LogP contribution is 2.24. The smallest absolute Gasteiger partial charge is 0.322 e. The van der Waals surface area contributed by atoms with Crippen LogP contribution in [0, 0.1) is 5.92 Å². The summed E-state index contributed by atoms with van der Waals surface area (Å²) < 4.78 is 28.4. The van der Waals surface area contributed by atoms with Crippen molar-refractivity contribution in [3.8, 4) is 0 Å². The Hall–Kier alpha value is -3.24. The van der Waals surface area contributed by atoms with Crippen LogP contribution in [-0.2, 0) is 16.6 Å². The maximum atomic E-state index is 12.9. The van der Waals surface area contributed by atoms with E-state index in [0.717, 1.165) is 17.4 Å². The van der Waals surface area contributed by atoms with Crippen molar-refractivity contribution in [3.63, 3.8) is 0 Å². The molecule has 0 aliphatic carbocycles. The molecular weight excluding hydrogens is 444 g/mol. The van der Waals surface area contributed by atoms with E-state index in [9.17, 15) is 22.8 Å². The summed E-state index contributed by atoms with van der Waals surface area (Å²) in [6, 6.07) is 10.5. The van der Waals surface area contributed by atoms with Gasteiger partial charge in [0.1, 0.15) is 0 Å². The minimum Gasteiger partial charge on any atom is -0.322 e. The highest BCUT2D eigenvalue weighted by molar-refractivity contribution is 7.89. The topological polar surface area (TPSA) is 121 Å². The number of aromatic nitrogens is 2. The number of nitrogens with zero attached hydrogens (tertiary/aromatic N) is 2. The van der Waals surface area contributed by atoms with Crippen LogP contribution in [0.4, 0.5) is 5.69 Å². The molecule has 3 aromatic rings. The highest BCUT2D eigenvalue weighted by atomic mass is 32.2. The Kier molecular flexibility index (Phi) is 6.22. The third-order valence-corrected chi connectivity index (χ3v) is 7.81. The summed E-state index contributed by atoms with van der Waals surface area (Å²) in [6.45, 7) is 5.01. The van der Waals surface area contributed by atoms with E-state index < -0.39 is 27.2 Å². The van der Waals surface area contributed by atoms with Crippen molar-refractivity contribution in [1.29, 1.82) is 0 Å². The lowest BCUT2D eigenvalue weighted by molar-refractivity contribution is 0.102. The lowest BCUT2D eigenvalue weighted by atomic mass is 10.0. The number of piperidine rings is 1. The zero-order valence-corrected chi connectivity index (χ0v) is 19.3. The number of fused-ring (bicyclic) bond motifs is 1. The number of aromatic amines is 1. The van der Waals surface area contributed by atoms with Crippen LogP contribution in [0.15, 0.2) is 56.9 Å². The standard InChI is InChI=1S/C23H26N4O5S/c1-3-27-22(29)19-11-6-16(13-20(19)25-23(27)30)21(28)24-17-7-9-18(10-8-17)33(31,32)26-12-4-5-15(2)14-26/h6-11,13,15H,3-5,12,14H2,1-2H3,(H,24,28)(H,25,30). The van der Waals surface area contributed by atoms with Crippen LogP contribution in [0.3, 0.4) is 0 Å². The number of hydrogen-bond donors (Lipinski definition) is 2. The fourth-order valence-electron chi connectivity index (χ4n) is 4.11. The first kappa shape index (κ1) is 22.9. The third kappa shape index (κ3) is 4.49. The van der Waals surface area contributed by atoms with Crippen molar-refractivity contribution in [2.45, 2.75) is 38.1 Å². The van der Waals surface area contributed by atoms with Crippen LogP contribution in [0.5, 0.6) is 0 Å². The van der Waals surface area contributed by atoms with Crippen molar-refractivity contribution in [2.24, 2.45) is 5.92 Å². The first-order chi connectivity index (χ1) is 15.7. The normalized spacial score (nSPS) is 17.2. The van der Waals surface area contributed by atoms with Gasteiger partial charge in [0, 0.05) is 30.9 Å². The predicted octanol–water partition coefficient (Wildman–Crippen LogP) is 2.38. The van der Waals surface area contributed by atoms with Crippen molar-refractivity contribution >= 4 is 32.5 Å². The molecule has 0 bridgehead atoms. The molecule has 33 heavy (non-hydrogen) atoms. The number of carbonyl (C=O) groups is 1. The lowest BCUT2D eigenvalue weighted by Gasteiger charge is -2.30. The second kappa shape index (κ2) is 8.95. The molecule has 2 N–H and O–H groups in total. The Labute approximate surface area is 191 Å². The van der Waals surface area contributed by atoms with Crippen LogP contribution in [-0.4, -0.2) is 41.3 Å². The van der Waals surface area contributed by atoms with Gasteiger partial charge in [-0.1, -0.05) is 6.92 Å². The molecule has 4 rings (SSSR count). The first-order valence-electron chi connectivity index (χ1n) is 10.9. The van der Waals surface area contributed by atoms with E-state index >= 15 is 0 Å². The van der Waals surface area contributed by atoms with Crippen molar-refractivity contribution in [3.05, 3.63) is 68.9 Å². The van der Waals surface area contributed by atoms with Crippen molar-refractivity contribution in [2.75, 3.05) is 18.4 Å². The summed E-state index contributed by atoms with van der Waals surface area (Å²) in [5, 5.41) is 3.03. The van der Waals surface area contributed by atoms with E-state index in [4.69, 9.17) is 0 Å². The van der Waals surface area contributed by atoms with Crippen LogP contribution >= 0.6 is 0 Å². The molecule has 2 aromatic carbocycles. The molecule has 1 aliphatic heterocycles. The minimum absolute atomic E-state index is 0.185. The molecule has 0 spiro atoms. The van der Waals surface area contributed by atoms with Gasteiger partial charge in [0.05, 0.1) is 15.8 Å². The molecule has 1 unspecified atom stereocenters. The molecular formula is C23H26N4O5S. The average molecular weight is 471 g/mol. The van der Waals surface area contributed by atoms with Gasteiger partial charge in [-0.25, -0.2) is 13.2 Å². The fraction of sp³-hybridized carbons (Fsp3) is 0.348. The number of hydrogen-bond acceptors (Lipinski definition) is 5. The van der Waals surface area contributed by atoms with Crippen LogP contribution in [0.2, 0.25) is 0 Å². The molecule has 1 amide bonds. The molecule has 0 radical (unpaired) electrons. The van der Waals surface area contributed by atoms with Gasteiger partial charge in [0.15, 0.2) is 0 Å². The van der Waals surface area contributed by atoms with Crippen LogP contribution in [0.25, 0.3) is 10.9 Å². The second-order valence-corrected chi connectivity index (χ2v) is 10.3. The SMILES string of the molecule is CCn1c(=O)[nH]c2cc(C(=O)Nc3ccc(S(=O)(=O)N4CCCC(C)C4)cc3)ccc2c1=O. The summed E-state index contributed by atoms with van der Waals surface area (Å²) in [6.07, 6.45) is 1.87. The molecule has 2 heterocycles. The summed E-state index contributed by atoms with van der Waals surface area (Å²) in [4.78, 5) is 40.0. The van der Waals surface area contributed by atoms with Crippen molar-refractivity contribution in [1.82, 2.24) is 13.9 Å². The van der Waals surface area contributed by atoms with Gasteiger partial charge in [-0.3, -0.25) is 14.2 Å². The number of rotatable bonds is 5. The summed E-state index contributed by atoms with van der Waals surface area (Å²) in [5.74, 6) is -0.119. The lowest BCUT2D eigenvalue weighted by Crippen LogP contribution is -2.39. The minimum atomic E-state index is -3.58. The maximum Gasteiger partial charge on any atom is 0.328 e. The molecule has 1 saturated heterocycles. The Bertz CT molecular complexity index is 1420. The Balaban J connectivity index is 1.53. The quantitative estimate of drug-likeness (QED) is 0.593. The zero-order chi connectivity index (χ0) is 23.8. The Morgan fingerprint density at radius 2 is 1.88 bits per heavy atom. The van der Waals surface area contributed by atoms with Crippen LogP contribution < -0.4 is 16.6 Å². The van der Waals surface area contributed by atoms with E-state index in [2.05, 4.69) is 10.3 Å². The van der Waals surface area contributed by atoms with E-state index in [1.807, 2.05) is 6.92 Å².